The Balaban J connectivity index is 0.00000243. The fourth-order valence-electron chi connectivity index (χ4n) is 3.10. The molecular weight excluding hydrogens is 463 g/mol. The number of halogens is 1. The molecule has 26 heavy (non-hydrogen) atoms. The predicted octanol–water partition coefficient (Wildman–Crippen LogP) is 2.74. The van der Waals surface area contributed by atoms with Gasteiger partial charge in [-0.3, -0.25) is 4.99 Å². The average molecular weight is 492 g/mol. The Morgan fingerprint density at radius 1 is 1.04 bits per heavy atom. The molecule has 0 aliphatic heterocycles. The minimum atomic E-state index is -3.38. The van der Waals surface area contributed by atoms with Crippen LogP contribution in [0, 0.1) is 0 Å². The van der Waals surface area contributed by atoms with E-state index in [1.807, 2.05) is 12.1 Å². The molecular formula is C18H29IN4O2S. The van der Waals surface area contributed by atoms with Crippen LogP contribution in [-0.4, -0.2) is 33.5 Å². The summed E-state index contributed by atoms with van der Waals surface area (Å²) in [6.45, 7) is 0.614. The van der Waals surface area contributed by atoms with Crippen LogP contribution >= 0.6 is 24.0 Å². The van der Waals surface area contributed by atoms with E-state index in [1.165, 1.54) is 32.1 Å². The topological polar surface area (TPSA) is 82.6 Å². The molecule has 3 N–H and O–H groups in total. The smallest absolute Gasteiger partial charge is 0.240 e. The van der Waals surface area contributed by atoms with E-state index in [2.05, 4.69) is 20.3 Å². The lowest BCUT2D eigenvalue weighted by Gasteiger charge is -2.24. The molecule has 0 amide bonds. The molecule has 0 aromatic heterocycles. The van der Waals surface area contributed by atoms with E-state index in [4.69, 9.17) is 0 Å². The van der Waals surface area contributed by atoms with Gasteiger partial charge in [0, 0.05) is 25.7 Å². The maximum atomic E-state index is 12.2. The van der Waals surface area contributed by atoms with Crippen molar-refractivity contribution in [1.29, 1.82) is 0 Å². The van der Waals surface area contributed by atoms with Gasteiger partial charge in [0.1, 0.15) is 0 Å². The molecule has 2 aliphatic rings. The van der Waals surface area contributed by atoms with Crippen LogP contribution in [0.4, 0.5) is 0 Å². The number of rotatable bonds is 6. The van der Waals surface area contributed by atoms with Gasteiger partial charge in [0.25, 0.3) is 0 Å². The highest BCUT2D eigenvalue weighted by Crippen LogP contribution is 2.22. The van der Waals surface area contributed by atoms with Crippen molar-refractivity contribution in [3.05, 3.63) is 29.8 Å². The SMILES string of the molecule is CN=C(NCc1ccc(S(=O)(=O)NC2CC2)cc1)NC1CCCCC1.I. The Bertz CT molecular complexity index is 696. The first-order chi connectivity index (χ1) is 12.1. The quantitative estimate of drug-likeness (QED) is 0.324. The second-order valence-electron chi connectivity index (χ2n) is 6.94. The molecule has 0 unspecified atom stereocenters. The Hall–Kier alpha value is -0.870. The van der Waals surface area contributed by atoms with Gasteiger partial charge in [-0.25, -0.2) is 13.1 Å². The number of guanidine groups is 1. The molecule has 0 saturated heterocycles. The molecule has 0 radical (unpaired) electrons. The van der Waals surface area contributed by atoms with Gasteiger partial charge in [-0.1, -0.05) is 31.4 Å². The maximum Gasteiger partial charge on any atom is 0.240 e. The molecule has 2 saturated carbocycles. The Labute approximate surface area is 173 Å². The van der Waals surface area contributed by atoms with Crippen LogP contribution in [0.1, 0.15) is 50.5 Å². The summed E-state index contributed by atoms with van der Waals surface area (Å²) in [6, 6.07) is 7.66. The summed E-state index contributed by atoms with van der Waals surface area (Å²) in [5, 5.41) is 6.78. The first-order valence-corrected chi connectivity index (χ1v) is 10.6. The van der Waals surface area contributed by atoms with Crippen molar-refractivity contribution in [2.45, 2.75) is 68.5 Å². The fraction of sp³-hybridized carbons (Fsp3) is 0.611. The first-order valence-electron chi connectivity index (χ1n) is 9.15. The van der Waals surface area contributed by atoms with Crippen LogP contribution in [0.2, 0.25) is 0 Å². The van der Waals surface area contributed by atoms with Gasteiger partial charge in [0.15, 0.2) is 5.96 Å². The van der Waals surface area contributed by atoms with E-state index in [0.29, 0.717) is 17.5 Å². The normalized spacial score (nSPS) is 18.9. The molecule has 8 heteroatoms. The third-order valence-electron chi connectivity index (χ3n) is 4.76. The van der Waals surface area contributed by atoms with Gasteiger partial charge in [-0.2, -0.15) is 0 Å². The zero-order chi connectivity index (χ0) is 17.7. The van der Waals surface area contributed by atoms with Crippen LogP contribution in [0.15, 0.2) is 34.2 Å². The molecule has 1 aromatic rings. The van der Waals surface area contributed by atoms with Crippen LogP contribution < -0.4 is 15.4 Å². The fourth-order valence-corrected chi connectivity index (χ4v) is 4.40. The van der Waals surface area contributed by atoms with Crippen LogP contribution in [0.25, 0.3) is 0 Å². The van der Waals surface area contributed by atoms with Gasteiger partial charge in [-0.15, -0.1) is 24.0 Å². The van der Waals surface area contributed by atoms with Crippen LogP contribution in [0.3, 0.4) is 0 Å². The van der Waals surface area contributed by atoms with E-state index >= 15 is 0 Å². The van der Waals surface area contributed by atoms with Crippen LogP contribution in [0.5, 0.6) is 0 Å². The molecule has 3 rings (SSSR count). The van der Waals surface area contributed by atoms with E-state index in [9.17, 15) is 8.42 Å². The number of nitrogens with one attached hydrogen (secondary N) is 3. The third kappa shape index (κ3) is 6.38. The third-order valence-corrected chi connectivity index (χ3v) is 6.30. The number of aliphatic imine (C=N–C) groups is 1. The van der Waals surface area contributed by atoms with Gasteiger partial charge >= 0.3 is 0 Å². The van der Waals surface area contributed by atoms with Gasteiger partial charge in [-0.05, 0) is 43.4 Å². The predicted molar refractivity (Wildman–Crippen MR) is 115 cm³/mol. The lowest BCUT2D eigenvalue weighted by Crippen LogP contribution is -2.43. The minimum absolute atomic E-state index is 0. The molecule has 6 nitrogen and oxygen atoms in total. The standard InChI is InChI=1S/C18H28N4O2S.HI/c1-19-18(21-15-5-3-2-4-6-15)20-13-14-7-11-17(12-8-14)25(23,24)22-16-9-10-16;/h7-8,11-12,15-16,22H,2-6,9-10,13H2,1H3,(H2,19,20,21);1H. The molecule has 146 valence electrons. The van der Waals surface area contributed by atoms with E-state index in [-0.39, 0.29) is 30.0 Å². The lowest BCUT2D eigenvalue weighted by molar-refractivity contribution is 0.410. The highest BCUT2D eigenvalue weighted by Gasteiger charge is 2.27. The number of sulfonamides is 1. The summed E-state index contributed by atoms with van der Waals surface area (Å²) in [5.41, 5.74) is 1.02. The van der Waals surface area contributed by atoms with Crippen molar-refractivity contribution in [2.75, 3.05) is 7.05 Å². The zero-order valence-corrected chi connectivity index (χ0v) is 18.3. The average Bonchev–Trinajstić information content (AvgIpc) is 3.43. The molecule has 0 bridgehead atoms. The molecule has 2 aliphatic carbocycles. The van der Waals surface area contributed by atoms with Crippen LogP contribution in [-0.2, 0) is 16.6 Å². The van der Waals surface area contributed by atoms with Crippen molar-refractivity contribution in [1.82, 2.24) is 15.4 Å². The summed E-state index contributed by atoms with van der Waals surface area (Å²) < 4.78 is 27.0. The zero-order valence-electron chi connectivity index (χ0n) is 15.2. The monoisotopic (exact) mass is 492 g/mol. The summed E-state index contributed by atoms with van der Waals surface area (Å²) in [6.07, 6.45) is 8.15. The minimum Gasteiger partial charge on any atom is -0.354 e. The van der Waals surface area contributed by atoms with Gasteiger partial charge in [0.05, 0.1) is 4.90 Å². The van der Waals surface area contributed by atoms with Crippen molar-refractivity contribution < 1.29 is 8.42 Å². The van der Waals surface area contributed by atoms with E-state index in [1.54, 1.807) is 19.2 Å². The number of hydrogen-bond acceptors (Lipinski definition) is 3. The van der Waals surface area contributed by atoms with Crippen molar-refractivity contribution >= 4 is 40.0 Å². The lowest BCUT2D eigenvalue weighted by atomic mass is 9.96. The largest absolute Gasteiger partial charge is 0.354 e. The summed E-state index contributed by atoms with van der Waals surface area (Å²) in [7, 11) is -1.60. The highest BCUT2D eigenvalue weighted by molar-refractivity contribution is 14.0. The second kappa shape index (κ2) is 9.89. The summed E-state index contributed by atoms with van der Waals surface area (Å²) in [4.78, 5) is 4.61. The van der Waals surface area contributed by atoms with Crippen molar-refractivity contribution in [2.24, 2.45) is 4.99 Å². The molecule has 1 aromatic carbocycles. The molecule has 2 fully saturated rings. The number of nitrogens with zero attached hydrogens (tertiary/aromatic N) is 1. The van der Waals surface area contributed by atoms with Crippen molar-refractivity contribution in [3.8, 4) is 0 Å². The second-order valence-corrected chi connectivity index (χ2v) is 8.66. The van der Waals surface area contributed by atoms with Gasteiger partial charge < -0.3 is 10.6 Å². The number of hydrogen-bond donors (Lipinski definition) is 3. The Morgan fingerprint density at radius 3 is 2.27 bits per heavy atom. The molecule has 0 atom stereocenters. The van der Waals surface area contributed by atoms with Gasteiger partial charge in [0.2, 0.25) is 10.0 Å². The molecule has 0 heterocycles. The van der Waals surface area contributed by atoms with E-state index < -0.39 is 10.0 Å². The summed E-state index contributed by atoms with van der Waals surface area (Å²) >= 11 is 0. The number of benzene rings is 1. The Morgan fingerprint density at radius 2 is 1.69 bits per heavy atom. The Kier molecular flexibility index (Phi) is 8.15. The highest BCUT2D eigenvalue weighted by atomic mass is 127. The molecule has 0 spiro atoms. The van der Waals surface area contributed by atoms with E-state index in [0.717, 1.165) is 24.4 Å². The summed E-state index contributed by atoms with van der Waals surface area (Å²) in [5.74, 6) is 0.805. The van der Waals surface area contributed by atoms with Crippen molar-refractivity contribution in [3.63, 3.8) is 0 Å². The maximum absolute atomic E-state index is 12.2. The first kappa shape index (κ1) is 21.4.